The number of hydrogen-bond acceptors (Lipinski definition) is 3. The van der Waals surface area contributed by atoms with Crippen molar-refractivity contribution in [2.75, 3.05) is 4.90 Å². The quantitative estimate of drug-likeness (QED) is 0.739. The van der Waals surface area contributed by atoms with Gasteiger partial charge in [0.15, 0.2) is 5.69 Å². The predicted molar refractivity (Wildman–Crippen MR) is 66.8 cm³/mol. The molecular formula is C13H10N4O2. The van der Waals surface area contributed by atoms with Gasteiger partial charge in [-0.25, -0.2) is 0 Å². The van der Waals surface area contributed by atoms with Crippen molar-refractivity contribution in [3.63, 3.8) is 0 Å². The Morgan fingerprint density at radius 2 is 2.05 bits per heavy atom. The first-order valence-corrected chi connectivity index (χ1v) is 5.97. The maximum Gasteiger partial charge on any atom is 0.281 e. The van der Waals surface area contributed by atoms with Crippen molar-refractivity contribution >= 4 is 17.5 Å². The lowest BCUT2D eigenvalue weighted by molar-refractivity contribution is 0.0911. The highest BCUT2D eigenvalue weighted by atomic mass is 16.2. The Balaban J connectivity index is 1.97. The minimum absolute atomic E-state index is 0.168. The zero-order valence-corrected chi connectivity index (χ0v) is 10.1. The Hall–Kier alpha value is -2.63. The van der Waals surface area contributed by atoms with E-state index in [1.807, 2.05) is 13.0 Å². The number of aromatic amines is 1. The number of nitrogens with zero attached hydrogens (tertiary/aromatic N) is 2. The topological polar surface area (TPSA) is 78.1 Å². The second kappa shape index (κ2) is 3.23. The molecule has 2 amide bonds. The van der Waals surface area contributed by atoms with Gasteiger partial charge in [-0.15, -0.1) is 0 Å². The molecule has 0 saturated heterocycles. The van der Waals surface area contributed by atoms with E-state index in [-0.39, 0.29) is 11.8 Å². The highest BCUT2D eigenvalue weighted by molar-refractivity contribution is 6.16. The Morgan fingerprint density at radius 3 is 2.89 bits per heavy atom. The molecule has 4 rings (SSSR count). The zero-order valence-electron chi connectivity index (χ0n) is 10.1. The van der Waals surface area contributed by atoms with Crippen molar-refractivity contribution in [2.24, 2.45) is 0 Å². The van der Waals surface area contributed by atoms with Gasteiger partial charge in [-0.1, -0.05) is 12.1 Å². The smallest absolute Gasteiger partial charge is 0.281 e. The molecular weight excluding hydrogens is 244 g/mol. The number of H-pyrrole nitrogens is 1. The maximum atomic E-state index is 12.4. The Kier molecular flexibility index (Phi) is 1.75. The fraction of sp³-hybridized carbons (Fsp3) is 0.154. The summed E-state index contributed by atoms with van der Waals surface area (Å²) in [5.74, 6) is -0.352. The van der Waals surface area contributed by atoms with Crippen molar-refractivity contribution in [1.82, 2.24) is 15.5 Å². The summed E-state index contributed by atoms with van der Waals surface area (Å²) in [6.07, 6.45) is -0.455. The van der Waals surface area contributed by atoms with E-state index in [1.165, 1.54) is 0 Å². The molecule has 94 valence electrons. The number of carbonyl (C=O) groups excluding carboxylic acids is 2. The molecule has 1 unspecified atom stereocenters. The van der Waals surface area contributed by atoms with Crippen LogP contribution < -0.4 is 10.2 Å². The molecule has 1 atom stereocenters. The second-order valence-electron chi connectivity index (χ2n) is 4.68. The summed E-state index contributed by atoms with van der Waals surface area (Å²) in [5.41, 5.74) is 3.10. The standard InChI is InChI=1S/C13H10N4O2/c1-6-9-10(16-15-6)13(19)17-8-5-3-2-4-7(8)12(18)14-11(9)17/h2-5,11H,1H3,(H,14,18)(H,15,16). The average molecular weight is 254 g/mol. The Labute approximate surface area is 108 Å². The summed E-state index contributed by atoms with van der Waals surface area (Å²) >= 11 is 0. The first-order valence-electron chi connectivity index (χ1n) is 5.97. The minimum atomic E-state index is -0.455. The lowest BCUT2D eigenvalue weighted by Gasteiger charge is -2.32. The van der Waals surface area contributed by atoms with Crippen LogP contribution in [0.4, 0.5) is 5.69 Å². The molecule has 1 aromatic heterocycles. The number of aromatic nitrogens is 2. The number of anilines is 1. The number of carbonyl (C=O) groups is 2. The van der Waals surface area contributed by atoms with Crippen LogP contribution in [-0.2, 0) is 0 Å². The summed E-state index contributed by atoms with van der Waals surface area (Å²) < 4.78 is 0. The van der Waals surface area contributed by atoms with Gasteiger partial charge in [0, 0.05) is 11.3 Å². The van der Waals surface area contributed by atoms with E-state index in [0.717, 1.165) is 11.3 Å². The van der Waals surface area contributed by atoms with E-state index in [2.05, 4.69) is 15.5 Å². The monoisotopic (exact) mass is 254 g/mol. The van der Waals surface area contributed by atoms with E-state index in [9.17, 15) is 9.59 Å². The van der Waals surface area contributed by atoms with Crippen LogP contribution >= 0.6 is 0 Å². The molecule has 2 aliphatic rings. The maximum absolute atomic E-state index is 12.4. The average Bonchev–Trinajstić information content (AvgIpc) is 2.91. The van der Waals surface area contributed by atoms with Gasteiger partial charge >= 0.3 is 0 Å². The van der Waals surface area contributed by atoms with Crippen LogP contribution in [0.1, 0.15) is 38.3 Å². The van der Waals surface area contributed by atoms with Crippen molar-refractivity contribution in [2.45, 2.75) is 13.1 Å². The molecule has 6 nitrogen and oxygen atoms in total. The third-order valence-corrected chi connectivity index (χ3v) is 3.62. The number of amides is 2. The summed E-state index contributed by atoms with van der Waals surface area (Å²) in [4.78, 5) is 26.1. The molecule has 3 heterocycles. The summed E-state index contributed by atoms with van der Waals surface area (Å²) in [5, 5.41) is 9.68. The van der Waals surface area contributed by atoms with Crippen molar-refractivity contribution in [1.29, 1.82) is 0 Å². The second-order valence-corrected chi connectivity index (χ2v) is 4.68. The number of para-hydroxylation sites is 1. The first kappa shape index (κ1) is 10.3. The molecule has 0 radical (unpaired) electrons. The zero-order chi connectivity index (χ0) is 13.1. The normalized spacial score (nSPS) is 19.8. The summed E-state index contributed by atoms with van der Waals surface area (Å²) in [7, 11) is 0. The molecule has 0 spiro atoms. The van der Waals surface area contributed by atoms with Crippen molar-refractivity contribution < 1.29 is 9.59 Å². The lowest BCUT2D eigenvalue weighted by atomic mass is 10.1. The van der Waals surface area contributed by atoms with Gasteiger partial charge < -0.3 is 5.32 Å². The van der Waals surface area contributed by atoms with E-state index in [1.54, 1.807) is 23.1 Å². The highest BCUT2D eigenvalue weighted by Crippen LogP contribution is 2.40. The van der Waals surface area contributed by atoms with Crippen LogP contribution in [0.25, 0.3) is 0 Å². The van der Waals surface area contributed by atoms with Gasteiger partial charge in [-0.3, -0.25) is 19.6 Å². The molecule has 6 heteroatoms. The van der Waals surface area contributed by atoms with Crippen molar-refractivity contribution in [3.05, 3.63) is 46.8 Å². The summed E-state index contributed by atoms with van der Waals surface area (Å²) in [6, 6.07) is 7.09. The summed E-state index contributed by atoms with van der Waals surface area (Å²) in [6.45, 7) is 1.84. The van der Waals surface area contributed by atoms with Crippen LogP contribution in [0.3, 0.4) is 0 Å². The molecule has 19 heavy (non-hydrogen) atoms. The predicted octanol–water partition coefficient (Wildman–Crippen LogP) is 1.12. The molecule has 2 N–H and O–H groups in total. The van der Waals surface area contributed by atoms with E-state index >= 15 is 0 Å². The Morgan fingerprint density at radius 1 is 1.26 bits per heavy atom. The number of benzene rings is 1. The number of fused-ring (bicyclic) bond motifs is 5. The largest absolute Gasteiger partial charge is 0.327 e. The van der Waals surface area contributed by atoms with Crippen LogP contribution in [0, 0.1) is 6.92 Å². The van der Waals surface area contributed by atoms with E-state index in [4.69, 9.17) is 0 Å². The van der Waals surface area contributed by atoms with E-state index in [0.29, 0.717) is 16.9 Å². The van der Waals surface area contributed by atoms with Crippen molar-refractivity contribution in [3.8, 4) is 0 Å². The van der Waals surface area contributed by atoms with Gasteiger partial charge in [0.2, 0.25) is 0 Å². The molecule has 1 aromatic carbocycles. The van der Waals surface area contributed by atoms with Gasteiger partial charge in [0.1, 0.15) is 6.17 Å². The third-order valence-electron chi connectivity index (χ3n) is 3.62. The van der Waals surface area contributed by atoms with Gasteiger partial charge in [-0.05, 0) is 19.1 Å². The SMILES string of the molecule is Cc1[nH]nc2c1C1NC(=O)c3ccccc3N1C2=O. The van der Waals surface area contributed by atoms with Crippen LogP contribution in [0.5, 0.6) is 0 Å². The number of aryl methyl sites for hydroxylation is 1. The van der Waals surface area contributed by atoms with Gasteiger partial charge in [-0.2, -0.15) is 5.10 Å². The molecule has 0 fully saturated rings. The fourth-order valence-corrected chi connectivity index (χ4v) is 2.76. The molecule has 0 saturated carbocycles. The first-order chi connectivity index (χ1) is 9.18. The van der Waals surface area contributed by atoms with Gasteiger partial charge in [0.25, 0.3) is 11.8 Å². The number of hydrogen-bond donors (Lipinski definition) is 2. The van der Waals surface area contributed by atoms with Gasteiger partial charge in [0.05, 0.1) is 11.3 Å². The minimum Gasteiger partial charge on any atom is -0.327 e. The van der Waals surface area contributed by atoms with Crippen LogP contribution in [-0.4, -0.2) is 22.0 Å². The fourth-order valence-electron chi connectivity index (χ4n) is 2.76. The molecule has 0 bridgehead atoms. The molecule has 2 aromatic rings. The Bertz CT molecular complexity index is 734. The van der Waals surface area contributed by atoms with E-state index < -0.39 is 6.17 Å². The van der Waals surface area contributed by atoms with Crippen LogP contribution in [0.2, 0.25) is 0 Å². The highest BCUT2D eigenvalue weighted by Gasteiger charge is 2.46. The number of nitrogens with one attached hydrogen (secondary N) is 2. The molecule has 2 aliphatic heterocycles. The van der Waals surface area contributed by atoms with Crippen LogP contribution in [0.15, 0.2) is 24.3 Å². The number of rotatable bonds is 0. The third kappa shape index (κ3) is 1.13. The molecule has 0 aliphatic carbocycles. The lowest BCUT2D eigenvalue weighted by Crippen LogP contribution is -2.45.